The SMILES string of the molecule is O=C(NC1CCN(C(=O)CCc2ccc(Cl)cc2)CC1)c1ccc(F)cc1. The molecular formula is C21H22ClFN2O2. The van der Waals surface area contributed by atoms with Crippen molar-refractivity contribution in [2.24, 2.45) is 0 Å². The Kier molecular flexibility index (Phi) is 6.45. The van der Waals surface area contributed by atoms with Crippen molar-refractivity contribution in [3.05, 3.63) is 70.5 Å². The lowest BCUT2D eigenvalue weighted by molar-refractivity contribution is -0.132. The average molecular weight is 389 g/mol. The van der Waals surface area contributed by atoms with Crippen molar-refractivity contribution in [3.63, 3.8) is 0 Å². The monoisotopic (exact) mass is 388 g/mol. The topological polar surface area (TPSA) is 49.4 Å². The summed E-state index contributed by atoms with van der Waals surface area (Å²) in [5, 5.41) is 3.66. The van der Waals surface area contributed by atoms with Crippen molar-refractivity contribution in [2.75, 3.05) is 13.1 Å². The van der Waals surface area contributed by atoms with E-state index >= 15 is 0 Å². The Morgan fingerprint density at radius 2 is 1.67 bits per heavy atom. The molecule has 1 heterocycles. The largest absolute Gasteiger partial charge is 0.349 e. The molecule has 142 valence electrons. The van der Waals surface area contributed by atoms with Crippen LogP contribution in [-0.4, -0.2) is 35.8 Å². The van der Waals surface area contributed by atoms with Gasteiger partial charge < -0.3 is 10.2 Å². The number of likely N-dealkylation sites (tertiary alicyclic amines) is 1. The Morgan fingerprint density at radius 1 is 1.04 bits per heavy atom. The number of benzene rings is 2. The van der Waals surface area contributed by atoms with Crippen LogP contribution in [0.25, 0.3) is 0 Å². The zero-order chi connectivity index (χ0) is 19.2. The highest BCUT2D eigenvalue weighted by Gasteiger charge is 2.24. The summed E-state index contributed by atoms with van der Waals surface area (Å²) in [5.41, 5.74) is 1.53. The summed E-state index contributed by atoms with van der Waals surface area (Å²) in [4.78, 5) is 26.5. The third-order valence-electron chi connectivity index (χ3n) is 4.83. The van der Waals surface area contributed by atoms with Crippen molar-refractivity contribution in [1.29, 1.82) is 0 Å². The third-order valence-corrected chi connectivity index (χ3v) is 5.08. The maximum atomic E-state index is 12.9. The predicted octanol–water partition coefficient (Wildman–Crippen LogP) is 3.83. The van der Waals surface area contributed by atoms with Crippen molar-refractivity contribution < 1.29 is 14.0 Å². The molecule has 0 aromatic heterocycles. The van der Waals surface area contributed by atoms with Gasteiger partial charge >= 0.3 is 0 Å². The average Bonchev–Trinajstić information content (AvgIpc) is 2.68. The molecule has 1 fully saturated rings. The maximum Gasteiger partial charge on any atom is 0.251 e. The fourth-order valence-electron chi connectivity index (χ4n) is 3.20. The van der Waals surface area contributed by atoms with Crippen LogP contribution in [0.15, 0.2) is 48.5 Å². The van der Waals surface area contributed by atoms with E-state index in [-0.39, 0.29) is 23.7 Å². The molecule has 2 aromatic carbocycles. The smallest absolute Gasteiger partial charge is 0.251 e. The summed E-state index contributed by atoms with van der Waals surface area (Å²) in [7, 11) is 0. The molecule has 4 nitrogen and oxygen atoms in total. The number of amides is 2. The molecule has 2 aromatic rings. The molecule has 0 spiro atoms. The van der Waals surface area contributed by atoms with Crippen LogP contribution in [0.1, 0.15) is 35.2 Å². The number of piperidine rings is 1. The minimum atomic E-state index is -0.364. The molecule has 0 saturated carbocycles. The van der Waals surface area contributed by atoms with Crippen molar-refractivity contribution in [3.8, 4) is 0 Å². The van der Waals surface area contributed by atoms with Gasteiger partial charge in [-0.05, 0) is 61.2 Å². The van der Waals surface area contributed by atoms with Crippen LogP contribution in [-0.2, 0) is 11.2 Å². The molecule has 27 heavy (non-hydrogen) atoms. The van der Waals surface area contributed by atoms with Gasteiger partial charge in [-0.2, -0.15) is 0 Å². The van der Waals surface area contributed by atoms with E-state index in [9.17, 15) is 14.0 Å². The highest BCUT2D eigenvalue weighted by Crippen LogP contribution is 2.15. The molecule has 1 saturated heterocycles. The van der Waals surface area contributed by atoms with Gasteiger partial charge in [0.15, 0.2) is 0 Å². The van der Waals surface area contributed by atoms with Gasteiger partial charge in [-0.25, -0.2) is 4.39 Å². The zero-order valence-corrected chi connectivity index (χ0v) is 15.7. The zero-order valence-electron chi connectivity index (χ0n) is 15.0. The molecule has 0 bridgehead atoms. The Morgan fingerprint density at radius 3 is 2.30 bits per heavy atom. The van der Waals surface area contributed by atoms with Gasteiger partial charge in [-0.3, -0.25) is 9.59 Å². The van der Waals surface area contributed by atoms with Gasteiger partial charge in [-0.1, -0.05) is 23.7 Å². The molecule has 1 aliphatic rings. The second kappa shape index (κ2) is 9.00. The fraction of sp³-hybridized carbons (Fsp3) is 0.333. The summed E-state index contributed by atoms with van der Waals surface area (Å²) in [6.45, 7) is 1.27. The van der Waals surface area contributed by atoms with Crippen LogP contribution < -0.4 is 5.32 Å². The fourth-order valence-corrected chi connectivity index (χ4v) is 3.33. The number of hydrogen-bond donors (Lipinski definition) is 1. The molecule has 0 aliphatic carbocycles. The van der Waals surface area contributed by atoms with Crippen LogP contribution in [0.2, 0.25) is 5.02 Å². The van der Waals surface area contributed by atoms with Crippen molar-refractivity contribution in [1.82, 2.24) is 10.2 Å². The number of halogens is 2. The number of nitrogens with one attached hydrogen (secondary N) is 1. The number of nitrogens with zero attached hydrogens (tertiary/aromatic N) is 1. The Balaban J connectivity index is 1.42. The minimum absolute atomic E-state index is 0.0304. The van der Waals surface area contributed by atoms with Gasteiger partial charge in [0.2, 0.25) is 5.91 Å². The van der Waals surface area contributed by atoms with Crippen LogP contribution >= 0.6 is 11.6 Å². The minimum Gasteiger partial charge on any atom is -0.349 e. The Labute approximate surface area is 163 Å². The standard InChI is InChI=1S/C21H22ClFN2O2/c22-17-6-1-15(2-7-17)3-10-20(26)25-13-11-19(12-14-25)24-21(27)16-4-8-18(23)9-5-16/h1-2,4-9,19H,3,10-14H2,(H,24,27). The second-order valence-corrected chi connectivity index (χ2v) is 7.20. The number of carbonyl (C=O) groups is 2. The Bertz CT molecular complexity index is 785. The lowest BCUT2D eigenvalue weighted by Crippen LogP contribution is -2.46. The molecular weight excluding hydrogens is 367 g/mol. The lowest BCUT2D eigenvalue weighted by Gasteiger charge is -2.32. The number of hydrogen-bond acceptors (Lipinski definition) is 2. The van der Waals surface area contributed by atoms with E-state index in [1.54, 1.807) is 0 Å². The molecule has 3 rings (SSSR count). The molecule has 0 radical (unpaired) electrons. The van der Waals surface area contributed by atoms with Gasteiger partial charge in [0.25, 0.3) is 5.91 Å². The van der Waals surface area contributed by atoms with Crippen LogP contribution in [0.3, 0.4) is 0 Å². The molecule has 0 atom stereocenters. The summed E-state index contributed by atoms with van der Waals surface area (Å²) >= 11 is 5.87. The number of carbonyl (C=O) groups excluding carboxylic acids is 2. The highest BCUT2D eigenvalue weighted by molar-refractivity contribution is 6.30. The van der Waals surface area contributed by atoms with E-state index in [0.717, 1.165) is 18.4 Å². The molecule has 6 heteroatoms. The van der Waals surface area contributed by atoms with Crippen LogP contribution in [0, 0.1) is 5.82 Å². The summed E-state index contributed by atoms with van der Waals surface area (Å²) in [6, 6.07) is 13.1. The van der Waals surface area contributed by atoms with Crippen molar-refractivity contribution in [2.45, 2.75) is 31.7 Å². The van der Waals surface area contributed by atoms with Crippen molar-refractivity contribution >= 4 is 23.4 Å². The van der Waals surface area contributed by atoms with Gasteiger partial charge in [0.05, 0.1) is 0 Å². The van der Waals surface area contributed by atoms with E-state index in [1.807, 2.05) is 29.2 Å². The van der Waals surface area contributed by atoms with Crippen LogP contribution in [0.5, 0.6) is 0 Å². The third kappa shape index (κ3) is 5.54. The predicted molar refractivity (Wildman–Crippen MR) is 103 cm³/mol. The first-order valence-electron chi connectivity index (χ1n) is 9.10. The van der Waals surface area contributed by atoms with E-state index in [4.69, 9.17) is 11.6 Å². The first kappa shape index (κ1) is 19.4. The maximum absolute atomic E-state index is 12.9. The van der Waals surface area contributed by atoms with Gasteiger partial charge in [0.1, 0.15) is 5.82 Å². The quantitative estimate of drug-likeness (QED) is 0.846. The lowest BCUT2D eigenvalue weighted by atomic mass is 10.0. The van der Waals surface area contributed by atoms with E-state index in [2.05, 4.69) is 5.32 Å². The van der Waals surface area contributed by atoms with E-state index < -0.39 is 0 Å². The molecule has 2 amide bonds. The highest BCUT2D eigenvalue weighted by atomic mass is 35.5. The molecule has 0 unspecified atom stereocenters. The Hall–Kier alpha value is -2.40. The summed E-state index contributed by atoms with van der Waals surface area (Å²) in [5.74, 6) is -0.437. The summed E-state index contributed by atoms with van der Waals surface area (Å²) in [6.07, 6.45) is 2.60. The van der Waals surface area contributed by atoms with E-state index in [1.165, 1.54) is 24.3 Å². The van der Waals surface area contributed by atoms with E-state index in [0.29, 0.717) is 36.5 Å². The van der Waals surface area contributed by atoms with Gasteiger partial charge in [-0.15, -0.1) is 0 Å². The number of rotatable bonds is 5. The second-order valence-electron chi connectivity index (χ2n) is 6.76. The van der Waals surface area contributed by atoms with Gasteiger partial charge in [0, 0.05) is 36.1 Å². The molecule has 1 aliphatic heterocycles. The van der Waals surface area contributed by atoms with Crippen LogP contribution in [0.4, 0.5) is 4.39 Å². The first-order chi connectivity index (χ1) is 13.0. The first-order valence-corrected chi connectivity index (χ1v) is 9.48. The summed E-state index contributed by atoms with van der Waals surface area (Å²) < 4.78 is 12.9. The number of aryl methyl sites for hydroxylation is 1. The normalized spacial score (nSPS) is 14.8. The molecule has 1 N–H and O–H groups in total.